The van der Waals surface area contributed by atoms with Crippen LogP contribution >= 0.6 is 0 Å². The van der Waals surface area contributed by atoms with Crippen LogP contribution < -0.4 is 5.73 Å². The van der Waals surface area contributed by atoms with Gasteiger partial charge in [-0.15, -0.1) is 0 Å². The predicted molar refractivity (Wildman–Crippen MR) is 54.8 cm³/mol. The molecule has 0 radical (unpaired) electrons. The van der Waals surface area contributed by atoms with Crippen molar-refractivity contribution < 1.29 is 9.53 Å². The van der Waals surface area contributed by atoms with Crippen LogP contribution in [-0.2, 0) is 9.53 Å². The first-order valence-corrected chi connectivity index (χ1v) is 5.24. The Hall–Kier alpha value is -0.610. The molecular formula is C10H20N2O2. The van der Waals surface area contributed by atoms with E-state index in [1.54, 1.807) is 0 Å². The number of carbonyl (C=O) groups excluding carboxylic acids is 1. The lowest BCUT2D eigenvalue weighted by Crippen LogP contribution is -2.34. The van der Waals surface area contributed by atoms with E-state index in [4.69, 9.17) is 10.5 Å². The zero-order valence-corrected chi connectivity index (χ0v) is 9.03. The van der Waals surface area contributed by atoms with Crippen LogP contribution in [0.3, 0.4) is 0 Å². The molecular weight excluding hydrogens is 180 g/mol. The van der Waals surface area contributed by atoms with E-state index in [9.17, 15) is 4.79 Å². The first kappa shape index (κ1) is 11.5. The summed E-state index contributed by atoms with van der Waals surface area (Å²) in [7, 11) is 0. The minimum absolute atomic E-state index is 0.0517. The van der Waals surface area contributed by atoms with E-state index in [2.05, 4.69) is 6.92 Å². The van der Waals surface area contributed by atoms with Crippen molar-refractivity contribution in [1.29, 1.82) is 0 Å². The van der Waals surface area contributed by atoms with Gasteiger partial charge >= 0.3 is 0 Å². The lowest BCUT2D eigenvalue weighted by atomic mass is 9.99. The fraction of sp³-hybridized carbons (Fsp3) is 0.900. The number of nitrogens with two attached hydrogens (primary N) is 1. The summed E-state index contributed by atoms with van der Waals surface area (Å²) < 4.78 is 5.38. The molecule has 82 valence electrons. The molecule has 0 aromatic heterocycles. The highest BCUT2D eigenvalue weighted by atomic mass is 16.5. The zero-order valence-electron chi connectivity index (χ0n) is 9.03. The molecule has 2 N–H and O–H groups in total. The Morgan fingerprint density at radius 2 is 2.29 bits per heavy atom. The molecule has 1 heterocycles. The van der Waals surface area contributed by atoms with Crippen LogP contribution in [0, 0.1) is 11.8 Å². The summed E-state index contributed by atoms with van der Waals surface area (Å²) in [4.78, 5) is 13.2. The highest BCUT2D eigenvalue weighted by molar-refractivity contribution is 5.78. The Morgan fingerprint density at radius 1 is 1.57 bits per heavy atom. The van der Waals surface area contributed by atoms with Crippen molar-refractivity contribution in [1.82, 2.24) is 4.90 Å². The summed E-state index contributed by atoms with van der Waals surface area (Å²) in [6, 6.07) is 0. The van der Waals surface area contributed by atoms with Crippen LogP contribution in [0.5, 0.6) is 0 Å². The first-order valence-electron chi connectivity index (χ1n) is 5.24. The number of rotatable bonds is 4. The molecule has 14 heavy (non-hydrogen) atoms. The summed E-state index contributed by atoms with van der Waals surface area (Å²) in [6.07, 6.45) is 0. The van der Waals surface area contributed by atoms with Crippen LogP contribution in [0.2, 0.25) is 0 Å². The minimum atomic E-state index is 0.0517. The van der Waals surface area contributed by atoms with Crippen molar-refractivity contribution in [2.75, 3.05) is 32.8 Å². The maximum atomic E-state index is 11.3. The monoisotopic (exact) mass is 200 g/mol. The van der Waals surface area contributed by atoms with Crippen molar-refractivity contribution in [2.45, 2.75) is 13.8 Å². The number of carbonyl (C=O) groups is 1. The van der Waals surface area contributed by atoms with Crippen molar-refractivity contribution in [2.24, 2.45) is 17.6 Å². The Morgan fingerprint density at radius 3 is 2.86 bits per heavy atom. The molecule has 4 nitrogen and oxygen atoms in total. The zero-order chi connectivity index (χ0) is 10.6. The van der Waals surface area contributed by atoms with Crippen molar-refractivity contribution in [3.8, 4) is 0 Å². The summed E-state index contributed by atoms with van der Waals surface area (Å²) in [5.74, 6) is 1.05. The Bertz CT molecular complexity index is 197. The maximum absolute atomic E-state index is 11.3. The molecule has 1 aliphatic heterocycles. The third-order valence-corrected chi connectivity index (χ3v) is 2.83. The smallest absolute Gasteiger partial charge is 0.236 e. The molecule has 4 heteroatoms. The number of amides is 1. The van der Waals surface area contributed by atoms with Crippen molar-refractivity contribution in [3.05, 3.63) is 0 Å². The second-order valence-corrected chi connectivity index (χ2v) is 3.90. The molecule has 0 unspecified atom stereocenters. The number of nitrogens with zero attached hydrogens (tertiary/aromatic N) is 1. The van der Waals surface area contributed by atoms with Gasteiger partial charge in [-0.2, -0.15) is 0 Å². The number of ether oxygens (including phenoxy) is 1. The summed E-state index contributed by atoms with van der Waals surface area (Å²) in [5, 5.41) is 0. The van der Waals surface area contributed by atoms with Gasteiger partial charge in [-0.1, -0.05) is 6.92 Å². The molecule has 1 rings (SSSR count). The third kappa shape index (κ3) is 2.69. The predicted octanol–water partition coefficient (Wildman–Crippen LogP) is 0.0761. The van der Waals surface area contributed by atoms with Gasteiger partial charge in [0.25, 0.3) is 0 Å². The minimum Gasteiger partial charge on any atom is -0.381 e. The van der Waals surface area contributed by atoms with E-state index in [0.717, 1.165) is 26.3 Å². The molecule has 0 aromatic rings. The van der Waals surface area contributed by atoms with Gasteiger partial charge in [0.1, 0.15) is 0 Å². The van der Waals surface area contributed by atoms with E-state index in [0.29, 0.717) is 11.8 Å². The van der Waals surface area contributed by atoms with Gasteiger partial charge in [-0.3, -0.25) is 4.79 Å². The van der Waals surface area contributed by atoms with Crippen LogP contribution in [0.15, 0.2) is 0 Å². The molecule has 0 bridgehead atoms. The Labute approximate surface area is 85.4 Å². The van der Waals surface area contributed by atoms with Crippen LogP contribution in [0.1, 0.15) is 13.8 Å². The lowest BCUT2D eigenvalue weighted by molar-refractivity contribution is -0.128. The standard InChI is InChI=1S/C10H20N2O2/c1-3-14-7-9-6-12(5-8(9)2)10(13)4-11/h8-9H,3-7,11H2,1-2H3/t8-,9-/m1/s1. The van der Waals surface area contributed by atoms with Crippen LogP contribution in [0.25, 0.3) is 0 Å². The molecule has 1 fully saturated rings. The SMILES string of the molecule is CCOC[C@H]1CN(C(=O)CN)C[C@H]1C. The second-order valence-electron chi connectivity index (χ2n) is 3.90. The van der Waals surface area contributed by atoms with Gasteiger partial charge in [-0.25, -0.2) is 0 Å². The Balaban J connectivity index is 2.39. The third-order valence-electron chi connectivity index (χ3n) is 2.83. The van der Waals surface area contributed by atoms with Gasteiger partial charge in [0.15, 0.2) is 0 Å². The number of hydrogen-bond donors (Lipinski definition) is 1. The van der Waals surface area contributed by atoms with Gasteiger partial charge in [0.2, 0.25) is 5.91 Å². The van der Waals surface area contributed by atoms with Gasteiger partial charge in [0.05, 0.1) is 13.2 Å². The van der Waals surface area contributed by atoms with E-state index in [1.807, 2.05) is 11.8 Å². The fourth-order valence-electron chi connectivity index (χ4n) is 1.85. The average molecular weight is 200 g/mol. The summed E-state index contributed by atoms with van der Waals surface area (Å²) >= 11 is 0. The largest absolute Gasteiger partial charge is 0.381 e. The van der Waals surface area contributed by atoms with Gasteiger partial charge in [0, 0.05) is 25.6 Å². The van der Waals surface area contributed by atoms with Crippen LogP contribution in [-0.4, -0.2) is 43.7 Å². The van der Waals surface area contributed by atoms with Crippen molar-refractivity contribution >= 4 is 5.91 Å². The van der Waals surface area contributed by atoms with E-state index in [-0.39, 0.29) is 12.5 Å². The molecule has 2 atom stereocenters. The molecule has 0 saturated carbocycles. The topological polar surface area (TPSA) is 55.6 Å². The maximum Gasteiger partial charge on any atom is 0.236 e. The van der Waals surface area contributed by atoms with E-state index < -0.39 is 0 Å². The van der Waals surface area contributed by atoms with E-state index >= 15 is 0 Å². The first-order chi connectivity index (χ1) is 6.69. The van der Waals surface area contributed by atoms with Gasteiger partial charge < -0.3 is 15.4 Å². The van der Waals surface area contributed by atoms with Gasteiger partial charge in [-0.05, 0) is 12.8 Å². The van der Waals surface area contributed by atoms with Crippen molar-refractivity contribution in [3.63, 3.8) is 0 Å². The average Bonchev–Trinajstić information content (AvgIpc) is 2.56. The second kappa shape index (κ2) is 5.32. The molecule has 0 spiro atoms. The van der Waals surface area contributed by atoms with E-state index in [1.165, 1.54) is 0 Å². The molecule has 1 amide bonds. The Kier molecular flexibility index (Phi) is 4.35. The normalized spacial score (nSPS) is 26.9. The lowest BCUT2D eigenvalue weighted by Gasteiger charge is -2.15. The summed E-state index contributed by atoms with van der Waals surface area (Å²) in [5.41, 5.74) is 5.32. The number of likely N-dealkylation sites (tertiary alicyclic amines) is 1. The van der Waals surface area contributed by atoms with Crippen LogP contribution in [0.4, 0.5) is 0 Å². The molecule has 0 aromatic carbocycles. The molecule has 1 saturated heterocycles. The number of hydrogen-bond acceptors (Lipinski definition) is 3. The molecule has 0 aliphatic carbocycles. The quantitative estimate of drug-likeness (QED) is 0.699. The highest BCUT2D eigenvalue weighted by Crippen LogP contribution is 2.22. The fourth-order valence-corrected chi connectivity index (χ4v) is 1.85. The summed E-state index contributed by atoms with van der Waals surface area (Å²) in [6.45, 7) is 7.40. The highest BCUT2D eigenvalue weighted by Gasteiger charge is 2.31. The molecule has 1 aliphatic rings.